The summed E-state index contributed by atoms with van der Waals surface area (Å²) in [5.41, 5.74) is -2.14. The third-order valence-electron chi connectivity index (χ3n) is 5.66. The highest BCUT2D eigenvalue weighted by Gasteiger charge is 2.40. The van der Waals surface area contributed by atoms with Crippen LogP contribution in [0.5, 0.6) is 0 Å². The van der Waals surface area contributed by atoms with Crippen molar-refractivity contribution in [3.63, 3.8) is 0 Å². The summed E-state index contributed by atoms with van der Waals surface area (Å²) in [7, 11) is 0. The molecule has 0 aliphatic carbocycles. The van der Waals surface area contributed by atoms with Crippen LogP contribution >= 0.6 is 11.6 Å². The second-order valence-electron chi connectivity index (χ2n) is 8.21. The Balaban J connectivity index is 1.88. The van der Waals surface area contributed by atoms with E-state index >= 15 is 0 Å². The minimum Gasteiger partial charge on any atom is -0.322 e. The van der Waals surface area contributed by atoms with Crippen LogP contribution in [-0.4, -0.2) is 11.0 Å². The molecule has 0 aliphatic heterocycles. The molecule has 4 aromatic rings. The number of aromatic nitrogens is 1. The number of urea groups is 1. The summed E-state index contributed by atoms with van der Waals surface area (Å²) in [5.74, 6) is -1.68. The first kappa shape index (κ1) is 26.1. The van der Waals surface area contributed by atoms with Crippen LogP contribution in [0.1, 0.15) is 22.4 Å². The first-order valence-electron chi connectivity index (χ1n) is 10.9. The van der Waals surface area contributed by atoms with Gasteiger partial charge in [-0.3, -0.25) is 4.98 Å². The third-order valence-corrected chi connectivity index (χ3v) is 5.89. The Morgan fingerprint density at radius 3 is 2.27 bits per heavy atom. The van der Waals surface area contributed by atoms with E-state index in [1.807, 2.05) is 0 Å². The SMILES string of the molecule is O=C(Nc1cc(F)ccc1F)NC(Cc1ccccc1)(c1cccc(C(F)(F)F)c1)c1ccc(Cl)cn1. The Morgan fingerprint density at radius 1 is 0.865 bits per heavy atom. The number of nitrogens with one attached hydrogen (secondary N) is 2. The van der Waals surface area contributed by atoms with Crippen LogP contribution in [0, 0.1) is 11.6 Å². The number of anilines is 1. The van der Waals surface area contributed by atoms with E-state index in [9.17, 15) is 26.7 Å². The lowest BCUT2D eigenvalue weighted by Gasteiger charge is -2.36. The number of hydrogen-bond acceptors (Lipinski definition) is 2. The maximum Gasteiger partial charge on any atom is 0.416 e. The fourth-order valence-corrected chi connectivity index (χ4v) is 4.06. The van der Waals surface area contributed by atoms with E-state index in [1.165, 1.54) is 30.5 Å². The van der Waals surface area contributed by atoms with Gasteiger partial charge in [-0.25, -0.2) is 13.6 Å². The lowest BCUT2D eigenvalue weighted by Crippen LogP contribution is -2.50. The van der Waals surface area contributed by atoms with Gasteiger partial charge in [0.05, 0.1) is 22.0 Å². The van der Waals surface area contributed by atoms with Crippen molar-refractivity contribution in [1.82, 2.24) is 10.3 Å². The van der Waals surface area contributed by atoms with Crippen LogP contribution in [0.15, 0.2) is 91.1 Å². The number of rotatable bonds is 6. The molecule has 0 aliphatic rings. The lowest BCUT2D eigenvalue weighted by atomic mass is 9.80. The predicted molar refractivity (Wildman–Crippen MR) is 130 cm³/mol. The highest BCUT2D eigenvalue weighted by Crippen LogP contribution is 2.37. The van der Waals surface area contributed by atoms with Crippen molar-refractivity contribution in [3.05, 3.63) is 130 Å². The van der Waals surface area contributed by atoms with Gasteiger partial charge in [0.1, 0.15) is 17.2 Å². The Hall–Kier alpha value is -3.98. The number of hydrogen-bond donors (Lipinski definition) is 2. The van der Waals surface area contributed by atoms with Gasteiger partial charge < -0.3 is 10.6 Å². The average molecular weight is 532 g/mol. The molecule has 37 heavy (non-hydrogen) atoms. The zero-order valence-corrected chi connectivity index (χ0v) is 19.7. The second-order valence-corrected chi connectivity index (χ2v) is 8.65. The van der Waals surface area contributed by atoms with Crippen LogP contribution in [-0.2, 0) is 18.1 Å². The number of alkyl halides is 3. The molecule has 0 saturated carbocycles. The van der Waals surface area contributed by atoms with Crippen LogP contribution < -0.4 is 10.6 Å². The molecule has 0 fully saturated rings. The minimum absolute atomic E-state index is 0.0250. The fourth-order valence-electron chi connectivity index (χ4n) is 3.95. The van der Waals surface area contributed by atoms with Crippen molar-refractivity contribution in [1.29, 1.82) is 0 Å². The van der Waals surface area contributed by atoms with Crippen LogP contribution in [0.3, 0.4) is 0 Å². The zero-order valence-electron chi connectivity index (χ0n) is 19.0. The van der Waals surface area contributed by atoms with E-state index in [-0.39, 0.29) is 22.7 Å². The molecule has 4 nitrogen and oxygen atoms in total. The zero-order chi connectivity index (χ0) is 26.6. The van der Waals surface area contributed by atoms with Crippen molar-refractivity contribution in [2.24, 2.45) is 0 Å². The monoisotopic (exact) mass is 531 g/mol. The molecule has 2 N–H and O–H groups in total. The molecule has 2 amide bonds. The highest BCUT2D eigenvalue weighted by molar-refractivity contribution is 6.30. The van der Waals surface area contributed by atoms with E-state index < -0.39 is 40.6 Å². The van der Waals surface area contributed by atoms with E-state index in [0.29, 0.717) is 5.56 Å². The normalized spacial score (nSPS) is 13.0. The number of halogens is 6. The number of nitrogens with zero attached hydrogens (tertiary/aromatic N) is 1. The van der Waals surface area contributed by atoms with Crippen LogP contribution in [0.2, 0.25) is 5.02 Å². The molecule has 10 heteroatoms. The molecule has 1 heterocycles. The third kappa shape index (κ3) is 6.06. The molecular formula is C27H19ClF5N3O. The molecule has 3 aromatic carbocycles. The summed E-state index contributed by atoms with van der Waals surface area (Å²) in [6.07, 6.45) is -3.38. The maximum atomic E-state index is 14.2. The first-order valence-corrected chi connectivity index (χ1v) is 11.3. The summed E-state index contributed by atoms with van der Waals surface area (Å²) in [4.78, 5) is 17.5. The quantitative estimate of drug-likeness (QED) is 0.256. The minimum atomic E-state index is -4.66. The smallest absolute Gasteiger partial charge is 0.322 e. The largest absolute Gasteiger partial charge is 0.416 e. The summed E-state index contributed by atoms with van der Waals surface area (Å²) in [5, 5.41) is 5.21. The number of carbonyl (C=O) groups is 1. The van der Waals surface area contributed by atoms with Gasteiger partial charge in [-0.05, 0) is 47.5 Å². The van der Waals surface area contributed by atoms with Gasteiger partial charge in [-0.1, -0.05) is 54.1 Å². The summed E-state index contributed by atoms with van der Waals surface area (Å²) in [6, 6.07) is 17.7. The molecule has 190 valence electrons. The molecule has 1 unspecified atom stereocenters. The summed E-state index contributed by atoms with van der Waals surface area (Å²) < 4.78 is 68.9. The van der Waals surface area contributed by atoms with Crippen molar-refractivity contribution < 1.29 is 26.7 Å². The fraction of sp³-hybridized carbons (Fsp3) is 0.111. The summed E-state index contributed by atoms with van der Waals surface area (Å²) >= 11 is 6.01. The molecule has 0 spiro atoms. The van der Waals surface area contributed by atoms with E-state index in [1.54, 1.807) is 30.3 Å². The van der Waals surface area contributed by atoms with Gasteiger partial charge in [-0.2, -0.15) is 13.2 Å². The Kier molecular flexibility index (Phi) is 7.45. The molecule has 4 rings (SSSR count). The number of pyridine rings is 1. The van der Waals surface area contributed by atoms with E-state index in [4.69, 9.17) is 11.6 Å². The molecular weight excluding hydrogens is 513 g/mol. The van der Waals surface area contributed by atoms with Crippen molar-refractivity contribution in [2.45, 2.75) is 18.1 Å². The topological polar surface area (TPSA) is 54.0 Å². The molecule has 0 saturated heterocycles. The predicted octanol–water partition coefficient (Wildman–Crippen LogP) is 7.34. The number of amides is 2. The Bertz CT molecular complexity index is 1400. The summed E-state index contributed by atoms with van der Waals surface area (Å²) in [6.45, 7) is 0. The van der Waals surface area contributed by atoms with E-state index in [2.05, 4.69) is 15.6 Å². The second kappa shape index (κ2) is 10.6. The van der Waals surface area contributed by atoms with Gasteiger partial charge in [0.15, 0.2) is 0 Å². The van der Waals surface area contributed by atoms with Crippen LogP contribution in [0.25, 0.3) is 0 Å². The first-order chi connectivity index (χ1) is 17.6. The van der Waals surface area contributed by atoms with Crippen molar-refractivity contribution >= 4 is 23.3 Å². The van der Waals surface area contributed by atoms with E-state index in [0.717, 1.165) is 30.3 Å². The van der Waals surface area contributed by atoms with Gasteiger partial charge in [0.25, 0.3) is 0 Å². The maximum absolute atomic E-state index is 14.2. The van der Waals surface area contributed by atoms with Gasteiger partial charge >= 0.3 is 12.2 Å². The molecule has 0 bridgehead atoms. The van der Waals surface area contributed by atoms with Crippen molar-refractivity contribution in [2.75, 3.05) is 5.32 Å². The van der Waals surface area contributed by atoms with Crippen LogP contribution in [0.4, 0.5) is 32.4 Å². The molecule has 0 radical (unpaired) electrons. The lowest BCUT2D eigenvalue weighted by molar-refractivity contribution is -0.137. The van der Waals surface area contributed by atoms with Crippen molar-refractivity contribution in [3.8, 4) is 0 Å². The molecule has 1 atom stereocenters. The Morgan fingerprint density at radius 2 is 1.59 bits per heavy atom. The highest BCUT2D eigenvalue weighted by atomic mass is 35.5. The number of benzene rings is 3. The Labute approximate surface area is 214 Å². The van der Waals surface area contributed by atoms with Gasteiger partial charge in [0.2, 0.25) is 0 Å². The standard InChI is InChI=1S/C27H19ClF5N3O/c28-20-9-12-24(34-16-20)26(15-17-5-2-1-3-6-17,18-7-4-8-19(13-18)27(31,32)33)36-25(37)35-23-14-21(29)10-11-22(23)30/h1-14,16H,15H2,(H2,35,36,37). The average Bonchev–Trinajstić information content (AvgIpc) is 2.86. The molecule has 1 aromatic heterocycles. The number of carbonyl (C=O) groups excluding carboxylic acids is 1. The van der Waals surface area contributed by atoms with Gasteiger partial charge in [-0.15, -0.1) is 0 Å². The van der Waals surface area contributed by atoms with Gasteiger partial charge in [0, 0.05) is 18.7 Å².